The Hall–Kier alpha value is -0.920. The summed E-state index contributed by atoms with van der Waals surface area (Å²) in [5.41, 5.74) is 0.143. The third kappa shape index (κ3) is 6.58. The van der Waals surface area contributed by atoms with E-state index in [0.717, 1.165) is 0 Å². The number of ether oxygens (including phenoxy) is 1. The average Bonchev–Trinajstić information content (AvgIpc) is 1.96. The third-order valence-corrected chi connectivity index (χ3v) is 1.96. The number of aliphatic hydroxyl groups is 1. The molecule has 0 bridgehead atoms. The quantitative estimate of drug-likeness (QED) is 0.366. The van der Waals surface area contributed by atoms with Gasteiger partial charge in [0.05, 0.1) is 0 Å². The molecule has 0 aliphatic heterocycles. The molecule has 0 heterocycles. The summed E-state index contributed by atoms with van der Waals surface area (Å²) in [7, 11) is -4.26. The Labute approximate surface area is 81.9 Å². The van der Waals surface area contributed by atoms with E-state index in [4.69, 9.17) is 9.66 Å². The minimum absolute atomic E-state index is 0.143. The molecular formula is C7H12O6S. The van der Waals surface area contributed by atoms with E-state index >= 15 is 0 Å². The van der Waals surface area contributed by atoms with Crippen LogP contribution in [-0.4, -0.2) is 42.5 Å². The van der Waals surface area contributed by atoms with E-state index in [9.17, 15) is 13.2 Å². The molecule has 0 radical (unpaired) electrons. The van der Waals surface area contributed by atoms with Crippen molar-refractivity contribution >= 4 is 16.1 Å². The molecular weight excluding hydrogens is 212 g/mol. The maximum atomic E-state index is 10.8. The molecule has 1 atom stereocenters. The lowest BCUT2D eigenvalue weighted by atomic mass is 10.3. The second-order valence-electron chi connectivity index (χ2n) is 2.78. The monoisotopic (exact) mass is 224 g/mol. The lowest BCUT2D eigenvalue weighted by Gasteiger charge is -2.09. The highest BCUT2D eigenvalue weighted by atomic mass is 32.2. The molecule has 0 spiro atoms. The first-order valence-electron chi connectivity index (χ1n) is 3.68. The standard InChI is InChI=1S/C7H12O6S/c1-5(2)7(9)13-3-6(8)4-14(10,11)12/h6,8H,1,3-4H2,2H3,(H,10,11,12). The van der Waals surface area contributed by atoms with Gasteiger partial charge in [-0.1, -0.05) is 6.58 Å². The zero-order chi connectivity index (χ0) is 11.4. The SMILES string of the molecule is C=C(C)C(=O)OCC(O)CS(=O)(=O)O. The number of carbonyl (C=O) groups excluding carboxylic acids is 1. The molecule has 0 aliphatic rings. The molecule has 0 fully saturated rings. The number of carbonyl (C=O) groups is 1. The zero-order valence-corrected chi connectivity index (χ0v) is 8.45. The maximum absolute atomic E-state index is 10.8. The normalized spacial score (nSPS) is 13.4. The fourth-order valence-electron chi connectivity index (χ4n) is 0.586. The number of esters is 1. The number of rotatable bonds is 5. The molecule has 0 amide bonds. The molecule has 0 aromatic rings. The van der Waals surface area contributed by atoms with Crippen molar-refractivity contribution in [2.75, 3.05) is 12.4 Å². The topological polar surface area (TPSA) is 101 Å². The van der Waals surface area contributed by atoms with E-state index in [2.05, 4.69) is 11.3 Å². The Morgan fingerprint density at radius 3 is 2.43 bits per heavy atom. The minimum atomic E-state index is -4.26. The van der Waals surface area contributed by atoms with Crippen LogP contribution in [0, 0.1) is 0 Å². The minimum Gasteiger partial charge on any atom is -0.460 e. The molecule has 1 unspecified atom stereocenters. The van der Waals surface area contributed by atoms with Crippen LogP contribution in [0.25, 0.3) is 0 Å². The number of aliphatic hydroxyl groups excluding tert-OH is 1. The molecule has 0 rings (SSSR count). The van der Waals surface area contributed by atoms with E-state index in [1.54, 1.807) is 0 Å². The molecule has 14 heavy (non-hydrogen) atoms. The van der Waals surface area contributed by atoms with Crippen molar-refractivity contribution in [3.8, 4) is 0 Å². The fraction of sp³-hybridized carbons (Fsp3) is 0.571. The van der Waals surface area contributed by atoms with E-state index in [0.29, 0.717) is 0 Å². The van der Waals surface area contributed by atoms with Gasteiger partial charge >= 0.3 is 5.97 Å². The van der Waals surface area contributed by atoms with Crippen molar-refractivity contribution in [3.63, 3.8) is 0 Å². The van der Waals surface area contributed by atoms with Crippen LogP contribution in [0.15, 0.2) is 12.2 Å². The van der Waals surface area contributed by atoms with Gasteiger partial charge in [-0.25, -0.2) is 4.79 Å². The smallest absolute Gasteiger partial charge is 0.333 e. The second kappa shape index (κ2) is 5.08. The summed E-state index contributed by atoms with van der Waals surface area (Å²) in [4.78, 5) is 10.8. The van der Waals surface area contributed by atoms with Gasteiger partial charge in [-0.2, -0.15) is 8.42 Å². The number of hydrogen-bond donors (Lipinski definition) is 2. The predicted molar refractivity (Wildman–Crippen MR) is 48.2 cm³/mol. The predicted octanol–water partition coefficient (Wildman–Crippen LogP) is -0.646. The van der Waals surface area contributed by atoms with Crippen LogP contribution in [0.2, 0.25) is 0 Å². The summed E-state index contributed by atoms with van der Waals surface area (Å²) in [6.45, 7) is 4.20. The van der Waals surface area contributed by atoms with Gasteiger partial charge in [-0.15, -0.1) is 0 Å². The molecule has 7 heteroatoms. The summed E-state index contributed by atoms with van der Waals surface area (Å²) >= 11 is 0. The van der Waals surface area contributed by atoms with Crippen LogP contribution in [0.5, 0.6) is 0 Å². The average molecular weight is 224 g/mol. The molecule has 0 aliphatic carbocycles. The van der Waals surface area contributed by atoms with Crippen molar-refractivity contribution in [1.29, 1.82) is 0 Å². The summed E-state index contributed by atoms with van der Waals surface area (Å²) in [6, 6.07) is 0. The first-order chi connectivity index (χ1) is 6.22. The van der Waals surface area contributed by atoms with E-state index in [1.807, 2.05) is 0 Å². The summed E-state index contributed by atoms with van der Waals surface area (Å²) in [5.74, 6) is -1.59. The van der Waals surface area contributed by atoms with Gasteiger partial charge in [-0.3, -0.25) is 4.55 Å². The summed E-state index contributed by atoms with van der Waals surface area (Å²) < 4.78 is 33.3. The summed E-state index contributed by atoms with van der Waals surface area (Å²) in [5, 5.41) is 8.97. The molecule has 2 N–H and O–H groups in total. The molecule has 0 aromatic carbocycles. The lowest BCUT2D eigenvalue weighted by molar-refractivity contribution is -0.141. The summed E-state index contributed by atoms with van der Waals surface area (Å²) in [6.07, 6.45) is -1.44. The van der Waals surface area contributed by atoms with Crippen LogP contribution < -0.4 is 0 Å². The Bertz CT molecular complexity index is 317. The van der Waals surface area contributed by atoms with Gasteiger partial charge in [0, 0.05) is 5.57 Å². The lowest BCUT2D eigenvalue weighted by Crippen LogP contribution is -2.26. The van der Waals surface area contributed by atoms with Crippen LogP contribution in [0.3, 0.4) is 0 Å². The first-order valence-corrected chi connectivity index (χ1v) is 5.29. The van der Waals surface area contributed by atoms with Crippen LogP contribution >= 0.6 is 0 Å². The molecule has 0 saturated heterocycles. The Morgan fingerprint density at radius 1 is 1.57 bits per heavy atom. The van der Waals surface area contributed by atoms with Crippen LogP contribution in [-0.2, 0) is 19.6 Å². The van der Waals surface area contributed by atoms with Gasteiger partial charge in [0.1, 0.15) is 18.5 Å². The first kappa shape index (κ1) is 13.1. The molecule has 0 saturated carbocycles. The maximum Gasteiger partial charge on any atom is 0.333 e. The van der Waals surface area contributed by atoms with Gasteiger partial charge in [-0.05, 0) is 6.92 Å². The van der Waals surface area contributed by atoms with Crippen LogP contribution in [0.4, 0.5) is 0 Å². The van der Waals surface area contributed by atoms with Gasteiger partial charge in [0.15, 0.2) is 0 Å². The van der Waals surface area contributed by atoms with Crippen molar-refractivity contribution < 1.29 is 27.6 Å². The Kier molecular flexibility index (Phi) is 4.75. The van der Waals surface area contributed by atoms with Crippen LogP contribution in [0.1, 0.15) is 6.92 Å². The highest BCUT2D eigenvalue weighted by Gasteiger charge is 2.16. The van der Waals surface area contributed by atoms with E-state index < -0.39 is 34.6 Å². The highest BCUT2D eigenvalue weighted by molar-refractivity contribution is 7.85. The third-order valence-electron chi connectivity index (χ3n) is 1.16. The molecule has 0 aromatic heterocycles. The number of hydrogen-bond acceptors (Lipinski definition) is 5. The molecule has 6 nitrogen and oxygen atoms in total. The van der Waals surface area contributed by atoms with Crippen molar-refractivity contribution in [3.05, 3.63) is 12.2 Å². The largest absolute Gasteiger partial charge is 0.460 e. The van der Waals surface area contributed by atoms with Gasteiger partial charge in [0.25, 0.3) is 10.1 Å². The van der Waals surface area contributed by atoms with Gasteiger partial charge < -0.3 is 9.84 Å². The second-order valence-corrected chi connectivity index (χ2v) is 4.28. The van der Waals surface area contributed by atoms with Crippen molar-refractivity contribution in [2.45, 2.75) is 13.0 Å². The van der Waals surface area contributed by atoms with E-state index in [1.165, 1.54) is 6.92 Å². The fourth-order valence-corrected chi connectivity index (χ4v) is 1.17. The highest BCUT2D eigenvalue weighted by Crippen LogP contribution is 1.96. The van der Waals surface area contributed by atoms with E-state index in [-0.39, 0.29) is 5.57 Å². The van der Waals surface area contributed by atoms with Gasteiger partial charge in [0.2, 0.25) is 0 Å². The Morgan fingerprint density at radius 2 is 2.07 bits per heavy atom. The molecule has 82 valence electrons. The van der Waals surface area contributed by atoms with Crippen molar-refractivity contribution in [1.82, 2.24) is 0 Å². The zero-order valence-electron chi connectivity index (χ0n) is 7.63. The Balaban J connectivity index is 3.92. The van der Waals surface area contributed by atoms with Crippen molar-refractivity contribution in [2.24, 2.45) is 0 Å².